The molecule has 1 rings (SSSR count). The molecule has 0 spiro atoms. The van der Waals surface area contributed by atoms with Crippen LogP contribution in [0.3, 0.4) is 0 Å². The summed E-state index contributed by atoms with van der Waals surface area (Å²) in [7, 11) is 0. The Balaban J connectivity index is 2.71. The van der Waals surface area contributed by atoms with E-state index in [4.69, 9.17) is 0 Å². The second kappa shape index (κ2) is 4.92. The molecule has 0 amide bonds. The van der Waals surface area contributed by atoms with Crippen molar-refractivity contribution >= 4 is 5.78 Å². The minimum absolute atomic E-state index is 0.163. The summed E-state index contributed by atoms with van der Waals surface area (Å²) < 4.78 is 0. The van der Waals surface area contributed by atoms with Crippen LogP contribution < -0.4 is 5.32 Å². The van der Waals surface area contributed by atoms with Gasteiger partial charge in [0, 0.05) is 5.92 Å². The zero-order chi connectivity index (χ0) is 10.6. The number of hydrogen-bond acceptors (Lipinski definition) is 2. The Morgan fingerprint density at radius 1 is 1.50 bits per heavy atom. The van der Waals surface area contributed by atoms with E-state index < -0.39 is 0 Å². The highest BCUT2D eigenvalue weighted by Gasteiger charge is 2.40. The van der Waals surface area contributed by atoms with Gasteiger partial charge in [0.15, 0.2) is 5.78 Å². The summed E-state index contributed by atoms with van der Waals surface area (Å²) in [6.07, 6.45) is 5.27. The third-order valence-electron chi connectivity index (χ3n) is 3.45. The van der Waals surface area contributed by atoms with Gasteiger partial charge in [-0.05, 0) is 32.2 Å². The molecule has 2 atom stereocenters. The van der Waals surface area contributed by atoms with Crippen molar-refractivity contribution < 1.29 is 4.79 Å². The van der Waals surface area contributed by atoms with Crippen LogP contribution >= 0.6 is 0 Å². The van der Waals surface area contributed by atoms with Gasteiger partial charge in [-0.15, -0.1) is 0 Å². The molecule has 1 aliphatic heterocycles. The average Bonchev–Trinajstić information content (AvgIpc) is 2.66. The van der Waals surface area contributed by atoms with Gasteiger partial charge >= 0.3 is 0 Å². The molecule has 1 aliphatic rings. The first-order chi connectivity index (χ1) is 6.66. The number of ketones is 1. The number of nitrogens with one attached hydrogen (secondary N) is 1. The average molecular weight is 197 g/mol. The number of carbonyl (C=O) groups excluding carboxylic acids is 1. The molecule has 0 aromatic heterocycles. The molecule has 1 fully saturated rings. The van der Waals surface area contributed by atoms with E-state index in [0.717, 1.165) is 38.6 Å². The van der Waals surface area contributed by atoms with Crippen LogP contribution in [0.25, 0.3) is 0 Å². The molecular formula is C12H23NO. The van der Waals surface area contributed by atoms with Gasteiger partial charge in [0.05, 0.1) is 5.54 Å². The van der Waals surface area contributed by atoms with Crippen molar-refractivity contribution in [2.75, 3.05) is 6.54 Å². The Morgan fingerprint density at radius 3 is 2.64 bits per heavy atom. The third kappa shape index (κ3) is 2.17. The van der Waals surface area contributed by atoms with Gasteiger partial charge in [-0.3, -0.25) is 4.79 Å². The van der Waals surface area contributed by atoms with E-state index >= 15 is 0 Å². The topological polar surface area (TPSA) is 29.1 Å². The van der Waals surface area contributed by atoms with Crippen molar-refractivity contribution in [3.63, 3.8) is 0 Å². The van der Waals surface area contributed by atoms with Gasteiger partial charge in [-0.25, -0.2) is 0 Å². The van der Waals surface area contributed by atoms with Gasteiger partial charge in [0.2, 0.25) is 0 Å². The van der Waals surface area contributed by atoms with Crippen LogP contribution in [0.1, 0.15) is 52.9 Å². The maximum Gasteiger partial charge on any atom is 0.155 e. The second-order valence-electron chi connectivity index (χ2n) is 4.54. The lowest BCUT2D eigenvalue weighted by atomic mass is 9.81. The SMILES string of the molecule is CCCC1(C(=O)C(C)CC)CCCN1. The first-order valence-corrected chi connectivity index (χ1v) is 5.95. The summed E-state index contributed by atoms with van der Waals surface area (Å²) in [5.74, 6) is 0.659. The Bertz CT molecular complexity index is 194. The first kappa shape index (κ1) is 11.7. The minimum atomic E-state index is -0.163. The van der Waals surface area contributed by atoms with E-state index in [9.17, 15) is 4.79 Å². The largest absolute Gasteiger partial charge is 0.305 e. The molecule has 14 heavy (non-hydrogen) atoms. The van der Waals surface area contributed by atoms with Crippen LogP contribution in [-0.2, 0) is 4.79 Å². The number of rotatable bonds is 5. The molecule has 0 aromatic carbocycles. The minimum Gasteiger partial charge on any atom is -0.305 e. The van der Waals surface area contributed by atoms with Crippen LogP contribution in [-0.4, -0.2) is 17.9 Å². The summed E-state index contributed by atoms with van der Waals surface area (Å²) in [6.45, 7) is 7.32. The summed E-state index contributed by atoms with van der Waals surface area (Å²) in [4.78, 5) is 12.2. The predicted octanol–water partition coefficient (Wildman–Crippen LogP) is 2.52. The van der Waals surface area contributed by atoms with E-state index in [1.54, 1.807) is 0 Å². The van der Waals surface area contributed by atoms with Gasteiger partial charge in [-0.1, -0.05) is 27.2 Å². The lowest BCUT2D eigenvalue weighted by Crippen LogP contribution is -2.49. The standard InChI is InChI=1S/C12H23NO/c1-4-7-12(8-6-9-13-12)11(14)10(3)5-2/h10,13H,4-9H2,1-3H3. The quantitative estimate of drug-likeness (QED) is 0.733. The zero-order valence-corrected chi connectivity index (χ0v) is 9.73. The Morgan fingerprint density at radius 2 is 2.21 bits per heavy atom. The zero-order valence-electron chi connectivity index (χ0n) is 9.73. The Kier molecular flexibility index (Phi) is 4.11. The van der Waals surface area contributed by atoms with Gasteiger partial charge < -0.3 is 5.32 Å². The highest BCUT2D eigenvalue weighted by atomic mass is 16.1. The maximum absolute atomic E-state index is 12.2. The fourth-order valence-corrected chi connectivity index (χ4v) is 2.44. The van der Waals surface area contributed by atoms with Gasteiger partial charge in [0.25, 0.3) is 0 Å². The fraction of sp³-hybridized carbons (Fsp3) is 0.917. The molecule has 1 saturated heterocycles. The number of Topliss-reactive ketones (excluding diaryl/α,β-unsaturated/α-hetero) is 1. The van der Waals surface area contributed by atoms with Crippen LogP contribution in [0.2, 0.25) is 0 Å². The smallest absolute Gasteiger partial charge is 0.155 e. The molecule has 0 bridgehead atoms. The summed E-state index contributed by atoms with van der Waals surface area (Å²) in [5.41, 5.74) is -0.163. The lowest BCUT2D eigenvalue weighted by molar-refractivity contribution is -0.128. The Labute approximate surface area is 87.5 Å². The van der Waals surface area contributed by atoms with E-state index in [1.807, 2.05) is 0 Å². The van der Waals surface area contributed by atoms with Crippen molar-refractivity contribution in [1.29, 1.82) is 0 Å². The van der Waals surface area contributed by atoms with Gasteiger partial charge in [-0.2, -0.15) is 0 Å². The molecule has 0 radical (unpaired) electrons. The fourth-order valence-electron chi connectivity index (χ4n) is 2.44. The van der Waals surface area contributed by atoms with E-state index in [1.165, 1.54) is 0 Å². The normalized spacial score (nSPS) is 29.1. The molecule has 0 aromatic rings. The van der Waals surface area contributed by atoms with Crippen molar-refractivity contribution in [2.45, 2.75) is 58.4 Å². The summed E-state index contributed by atoms with van der Waals surface area (Å²) in [6, 6.07) is 0. The maximum atomic E-state index is 12.2. The number of hydrogen-bond donors (Lipinski definition) is 1. The Hall–Kier alpha value is -0.370. The molecule has 2 unspecified atom stereocenters. The van der Waals surface area contributed by atoms with E-state index in [2.05, 4.69) is 26.1 Å². The molecular weight excluding hydrogens is 174 g/mol. The van der Waals surface area contributed by atoms with Crippen molar-refractivity contribution in [2.24, 2.45) is 5.92 Å². The highest BCUT2D eigenvalue weighted by Crippen LogP contribution is 2.29. The van der Waals surface area contributed by atoms with Gasteiger partial charge in [0.1, 0.15) is 0 Å². The summed E-state index contributed by atoms with van der Waals surface area (Å²) in [5, 5.41) is 3.44. The van der Waals surface area contributed by atoms with E-state index in [-0.39, 0.29) is 11.5 Å². The van der Waals surface area contributed by atoms with Crippen LogP contribution in [0.5, 0.6) is 0 Å². The lowest BCUT2D eigenvalue weighted by Gasteiger charge is -2.30. The molecule has 2 nitrogen and oxygen atoms in total. The molecule has 0 saturated carbocycles. The molecule has 0 aliphatic carbocycles. The van der Waals surface area contributed by atoms with Crippen molar-refractivity contribution in [3.8, 4) is 0 Å². The molecule has 2 heteroatoms. The van der Waals surface area contributed by atoms with Crippen LogP contribution in [0.4, 0.5) is 0 Å². The highest BCUT2D eigenvalue weighted by molar-refractivity contribution is 5.90. The molecule has 1 N–H and O–H groups in total. The molecule has 1 heterocycles. The monoisotopic (exact) mass is 197 g/mol. The number of carbonyl (C=O) groups is 1. The first-order valence-electron chi connectivity index (χ1n) is 5.95. The van der Waals surface area contributed by atoms with Crippen LogP contribution in [0, 0.1) is 5.92 Å². The summed E-state index contributed by atoms with van der Waals surface area (Å²) >= 11 is 0. The van der Waals surface area contributed by atoms with Crippen LogP contribution in [0.15, 0.2) is 0 Å². The second-order valence-corrected chi connectivity index (χ2v) is 4.54. The third-order valence-corrected chi connectivity index (χ3v) is 3.45. The van der Waals surface area contributed by atoms with Crippen molar-refractivity contribution in [3.05, 3.63) is 0 Å². The molecule has 82 valence electrons. The van der Waals surface area contributed by atoms with Crippen molar-refractivity contribution in [1.82, 2.24) is 5.32 Å². The van der Waals surface area contributed by atoms with E-state index in [0.29, 0.717) is 5.78 Å². The predicted molar refractivity (Wildman–Crippen MR) is 59.3 cm³/mol.